The van der Waals surface area contributed by atoms with E-state index >= 15 is 0 Å². The molecule has 2 N–H and O–H groups in total. The van der Waals surface area contributed by atoms with E-state index in [1.165, 1.54) is 0 Å². The summed E-state index contributed by atoms with van der Waals surface area (Å²) in [7, 11) is 1.55. The van der Waals surface area contributed by atoms with Gasteiger partial charge in [-0.25, -0.2) is 0 Å². The lowest BCUT2D eigenvalue weighted by Gasteiger charge is -2.34. The van der Waals surface area contributed by atoms with Crippen molar-refractivity contribution in [1.29, 1.82) is 0 Å². The molecule has 2 aromatic rings. The Morgan fingerprint density at radius 3 is 2.71 bits per heavy atom. The minimum Gasteiger partial charge on any atom is -0.380 e. The quantitative estimate of drug-likeness (QED) is 0.911. The monoisotopic (exact) mass is 329 g/mol. The Kier molecular flexibility index (Phi) is 4.64. The topological polar surface area (TPSA) is 86.3 Å². The summed E-state index contributed by atoms with van der Waals surface area (Å²) in [5.74, 6) is 1.49. The molecule has 2 heterocycles. The number of carbonyl (C=O) groups excluding carboxylic acids is 1. The van der Waals surface area contributed by atoms with Crippen LogP contribution in [0, 0.1) is 0 Å². The lowest BCUT2D eigenvalue weighted by molar-refractivity contribution is -0.137. The van der Waals surface area contributed by atoms with Gasteiger partial charge in [-0.3, -0.25) is 4.79 Å². The Hall–Kier alpha value is -2.25. The Labute approximate surface area is 141 Å². The minimum absolute atomic E-state index is 0.0768. The fraction of sp³-hybridized carbons (Fsp3) is 0.471. The van der Waals surface area contributed by atoms with E-state index in [2.05, 4.69) is 21.7 Å². The maximum Gasteiger partial charge on any atom is 0.242 e. The summed E-state index contributed by atoms with van der Waals surface area (Å²) in [6.45, 7) is 4.84. The van der Waals surface area contributed by atoms with Crippen LogP contribution < -0.4 is 5.73 Å². The Morgan fingerprint density at radius 1 is 1.33 bits per heavy atom. The molecule has 0 fully saturated rings. The van der Waals surface area contributed by atoms with E-state index in [0.29, 0.717) is 13.1 Å². The summed E-state index contributed by atoms with van der Waals surface area (Å²) in [4.78, 5) is 14.3. The lowest BCUT2D eigenvalue weighted by atomic mass is 10.1. The largest absolute Gasteiger partial charge is 0.380 e. The van der Waals surface area contributed by atoms with E-state index in [0.717, 1.165) is 17.2 Å². The molecule has 0 bridgehead atoms. The number of benzene rings is 1. The smallest absolute Gasteiger partial charge is 0.242 e. The third-order valence-corrected chi connectivity index (χ3v) is 4.53. The number of carbonyl (C=O) groups is 1. The highest BCUT2D eigenvalue weighted by molar-refractivity contribution is 5.82. The molecule has 1 aliphatic heterocycles. The van der Waals surface area contributed by atoms with Crippen molar-refractivity contribution < 1.29 is 9.53 Å². The number of fused-ring (bicyclic) bond motifs is 1. The molecule has 0 saturated carbocycles. The second-order valence-corrected chi connectivity index (χ2v) is 6.21. The van der Waals surface area contributed by atoms with E-state index < -0.39 is 6.04 Å². The van der Waals surface area contributed by atoms with Gasteiger partial charge in [-0.2, -0.15) is 0 Å². The van der Waals surface area contributed by atoms with Crippen LogP contribution in [0.15, 0.2) is 30.3 Å². The van der Waals surface area contributed by atoms with Crippen molar-refractivity contribution in [3.8, 4) is 11.4 Å². The first kappa shape index (κ1) is 16.6. The van der Waals surface area contributed by atoms with Crippen LogP contribution in [0.5, 0.6) is 0 Å². The van der Waals surface area contributed by atoms with Gasteiger partial charge in [-0.1, -0.05) is 30.3 Å². The highest BCUT2D eigenvalue weighted by atomic mass is 16.5. The second kappa shape index (κ2) is 6.70. The Morgan fingerprint density at radius 2 is 2.04 bits per heavy atom. The van der Waals surface area contributed by atoms with Crippen molar-refractivity contribution in [3.63, 3.8) is 0 Å². The fourth-order valence-electron chi connectivity index (χ4n) is 3.04. The van der Waals surface area contributed by atoms with Gasteiger partial charge in [0, 0.05) is 19.2 Å². The zero-order chi connectivity index (χ0) is 17.3. The standard InChI is InChI=1S/C17H23N5O2/c1-11-9-21(17(23)15(18)12(2)24-3)10-14-19-20-16(22(11)14)13-7-5-4-6-8-13/h4-8,11-12,15H,9-10,18H2,1-3H3/t11-,12+,15-/m0/s1. The molecule has 0 unspecified atom stereocenters. The maximum atomic E-state index is 12.6. The number of hydrogen-bond acceptors (Lipinski definition) is 5. The van der Waals surface area contributed by atoms with E-state index in [1.54, 1.807) is 18.9 Å². The zero-order valence-corrected chi connectivity index (χ0v) is 14.2. The number of amides is 1. The van der Waals surface area contributed by atoms with Crippen LogP contribution in [0.1, 0.15) is 25.7 Å². The molecule has 3 atom stereocenters. The third kappa shape index (κ3) is 2.92. The number of aromatic nitrogens is 3. The molecule has 24 heavy (non-hydrogen) atoms. The second-order valence-electron chi connectivity index (χ2n) is 6.21. The normalized spacial score (nSPS) is 19.7. The number of nitrogens with zero attached hydrogens (tertiary/aromatic N) is 4. The molecule has 0 radical (unpaired) electrons. The van der Waals surface area contributed by atoms with Crippen LogP contribution in [0.25, 0.3) is 11.4 Å². The predicted octanol–water partition coefficient (Wildman–Crippen LogP) is 1.21. The molecular formula is C17H23N5O2. The molecule has 0 aliphatic carbocycles. The van der Waals surface area contributed by atoms with Gasteiger partial charge in [-0.15, -0.1) is 10.2 Å². The van der Waals surface area contributed by atoms with E-state index in [9.17, 15) is 4.79 Å². The van der Waals surface area contributed by atoms with Gasteiger partial charge in [0.1, 0.15) is 6.04 Å². The number of rotatable bonds is 4. The highest BCUT2D eigenvalue weighted by Gasteiger charge is 2.33. The molecule has 0 spiro atoms. The summed E-state index contributed by atoms with van der Waals surface area (Å²) in [6.07, 6.45) is -0.326. The van der Waals surface area contributed by atoms with E-state index in [1.807, 2.05) is 30.3 Å². The molecule has 0 saturated heterocycles. The Bertz CT molecular complexity index is 715. The number of nitrogens with two attached hydrogens (primary N) is 1. The first-order valence-corrected chi connectivity index (χ1v) is 8.09. The molecule has 1 aromatic heterocycles. The molecule has 1 aromatic carbocycles. The van der Waals surface area contributed by atoms with Gasteiger partial charge in [0.15, 0.2) is 11.6 Å². The van der Waals surface area contributed by atoms with Crippen molar-refractivity contribution in [3.05, 3.63) is 36.2 Å². The van der Waals surface area contributed by atoms with Gasteiger partial charge in [0.05, 0.1) is 18.7 Å². The average Bonchev–Trinajstić information content (AvgIpc) is 3.05. The molecule has 128 valence electrons. The van der Waals surface area contributed by atoms with E-state index in [-0.39, 0.29) is 18.1 Å². The minimum atomic E-state index is -0.676. The fourth-order valence-corrected chi connectivity index (χ4v) is 3.04. The van der Waals surface area contributed by atoms with Gasteiger partial charge in [0.25, 0.3) is 0 Å². The highest BCUT2D eigenvalue weighted by Crippen LogP contribution is 2.27. The van der Waals surface area contributed by atoms with Gasteiger partial charge in [0.2, 0.25) is 5.91 Å². The van der Waals surface area contributed by atoms with Crippen LogP contribution in [-0.4, -0.2) is 51.4 Å². The van der Waals surface area contributed by atoms with E-state index in [4.69, 9.17) is 10.5 Å². The van der Waals surface area contributed by atoms with Gasteiger partial charge >= 0.3 is 0 Å². The van der Waals surface area contributed by atoms with Crippen molar-refractivity contribution in [2.45, 2.75) is 38.6 Å². The number of hydrogen-bond donors (Lipinski definition) is 1. The lowest BCUT2D eigenvalue weighted by Crippen LogP contribution is -2.52. The van der Waals surface area contributed by atoms with Crippen LogP contribution in [0.2, 0.25) is 0 Å². The molecular weight excluding hydrogens is 306 g/mol. The number of methoxy groups -OCH3 is 1. The van der Waals surface area contributed by atoms with Crippen molar-refractivity contribution in [1.82, 2.24) is 19.7 Å². The molecule has 7 nitrogen and oxygen atoms in total. The molecule has 1 amide bonds. The summed E-state index contributed by atoms with van der Waals surface area (Å²) in [5, 5.41) is 8.61. The van der Waals surface area contributed by atoms with Crippen molar-refractivity contribution >= 4 is 5.91 Å². The first-order valence-electron chi connectivity index (χ1n) is 8.09. The predicted molar refractivity (Wildman–Crippen MR) is 90.0 cm³/mol. The Balaban J connectivity index is 1.85. The SMILES string of the molecule is CO[C@H](C)[C@H](N)C(=O)N1Cc2nnc(-c3ccccc3)n2[C@@H](C)C1. The summed E-state index contributed by atoms with van der Waals surface area (Å²) in [6, 6.07) is 9.35. The molecule has 3 rings (SSSR count). The molecule has 1 aliphatic rings. The third-order valence-electron chi connectivity index (χ3n) is 4.53. The average molecular weight is 329 g/mol. The van der Waals surface area contributed by atoms with Crippen LogP contribution in [-0.2, 0) is 16.1 Å². The first-order chi connectivity index (χ1) is 11.5. The summed E-state index contributed by atoms with van der Waals surface area (Å²) >= 11 is 0. The van der Waals surface area contributed by atoms with Gasteiger partial charge < -0.3 is 19.9 Å². The van der Waals surface area contributed by atoms with Crippen LogP contribution in [0.4, 0.5) is 0 Å². The zero-order valence-electron chi connectivity index (χ0n) is 14.2. The van der Waals surface area contributed by atoms with Crippen molar-refractivity contribution in [2.75, 3.05) is 13.7 Å². The maximum absolute atomic E-state index is 12.6. The summed E-state index contributed by atoms with van der Waals surface area (Å²) in [5.41, 5.74) is 7.03. The van der Waals surface area contributed by atoms with Crippen LogP contribution in [0.3, 0.4) is 0 Å². The van der Waals surface area contributed by atoms with Gasteiger partial charge in [-0.05, 0) is 13.8 Å². The molecule has 7 heteroatoms. The van der Waals surface area contributed by atoms with Crippen molar-refractivity contribution in [2.24, 2.45) is 5.73 Å². The summed E-state index contributed by atoms with van der Waals surface area (Å²) < 4.78 is 7.28. The van der Waals surface area contributed by atoms with Crippen LogP contribution >= 0.6 is 0 Å². The number of ether oxygens (including phenoxy) is 1.